The molecule has 9 heteroatoms. The lowest BCUT2D eigenvalue weighted by Crippen LogP contribution is -2.36. The van der Waals surface area contributed by atoms with Crippen LogP contribution in [0.4, 0.5) is 0 Å². The molecular formula is C30H60O6Si3. The fraction of sp³-hybridized carbons (Fsp3) is 0.867. The van der Waals surface area contributed by atoms with E-state index >= 15 is 0 Å². The first kappa shape index (κ1) is 36.4. The molecule has 0 aromatic heterocycles. The van der Waals surface area contributed by atoms with Crippen LogP contribution >= 0.6 is 0 Å². The fourth-order valence-corrected chi connectivity index (χ4v) is 8.79. The number of esters is 1. The van der Waals surface area contributed by atoms with Crippen molar-refractivity contribution in [3.05, 3.63) is 12.2 Å². The number of hydrogen-bond donors (Lipinski definition) is 0. The van der Waals surface area contributed by atoms with E-state index in [4.69, 9.17) is 18.0 Å². The first-order chi connectivity index (χ1) is 17.9. The molecule has 1 rings (SSSR count). The van der Waals surface area contributed by atoms with E-state index in [1.807, 2.05) is 0 Å². The Morgan fingerprint density at radius 3 is 1.95 bits per heavy atom. The summed E-state index contributed by atoms with van der Waals surface area (Å²) in [4.78, 5) is 24.7. The van der Waals surface area contributed by atoms with Crippen molar-refractivity contribution >= 4 is 36.7 Å². The number of carbonyl (C=O) groups is 2. The molecule has 5 atom stereocenters. The summed E-state index contributed by atoms with van der Waals surface area (Å²) in [7, 11) is -3.95. The standard InChI is InChI=1S/C30H60O6Si3/c1-12-13-14-18-25(34-37(3,4)5)20-21-26-27(22-24(31)17-15-16-19-30(32)33-2)29(36-39(9,10)11)23-28(26)35-38(6,7)8/h20-21,25-29H,12-19,22-23H2,1-11H3/b21-20+/t25?,26-,27-,28?,29?/m1/s1. The minimum atomic E-state index is -1.83. The van der Waals surface area contributed by atoms with E-state index < -0.39 is 25.0 Å². The third kappa shape index (κ3) is 16.4. The maximum absolute atomic E-state index is 13.2. The van der Waals surface area contributed by atoms with Crippen molar-refractivity contribution in [3.8, 4) is 0 Å². The molecule has 0 aliphatic heterocycles. The Bertz CT molecular complexity index is 766. The van der Waals surface area contributed by atoms with Crippen LogP contribution in [0.25, 0.3) is 0 Å². The summed E-state index contributed by atoms with van der Waals surface area (Å²) in [6, 6.07) is 0. The van der Waals surface area contributed by atoms with Gasteiger partial charge in [0.25, 0.3) is 0 Å². The van der Waals surface area contributed by atoms with Gasteiger partial charge in [0.15, 0.2) is 25.0 Å². The maximum Gasteiger partial charge on any atom is 0.305 e. The second-order valence-electron chi connectivity index (χ2n) is 14.2. The summed E-state index contributed by atoms with van der Waals surface area (Å²) in [5, 5.41) is 0. The van der Waals surface area contributed by atoms with Crippen LogP contribution in [-0.2, 0) is 27.6 Å². The summed E-state index contributed by atoms with van der Waals surface area (Å²) < 4.78 is 24.8. The Labute approximate surface area is 243 Å². The lowest BCUT2D eigenvalue weighted by molar-refractivity contribution is -0.140. The third-order valence-corrected chi connectivity index (χ3v) is 9.83. The molecule has 6 nitrogen and oxygen atoms in total. The Kier molecular flexibility index (Phi) is 15.7. The Morgan fingerprint density at radius 2 is 1.41 bits per heavy atom. The lowest BCUT2D eigenvalue weighted by Gasteiger charge is -2.30. The van der Waals surface area contributed by atoms with Crippen LogP contribution in [0.5, 0.6) is 0 Å². The second-order valence-corrected chi connectivity index (χ2v) is 27.6. The quantitative estimate of drug-likeness (QED) is 0.0645. The normalized spacial score (nSPS) is 23.4. The molecule has 1 aliphatic rings. The number of carbonyl (C=O) groups excluding carboxylic acids is 2. The molecule has 39 heavy (non-hydrogen) atoms. The Morgan fingerprint density at radius 1 is 0.821 bits per heavy atom. The smallest absolute Gasteiger partial charge is 0.305 e. The first-order valence-corrected chi connectivity index (χ1v) is 25.5. The maximum atomic E-state index is 13.2. The monoisotopic (exact) mass is 600 g/mol. The van der Waals surface area contributed by atoms with Crippen molar-refractivity contribution in [3.63, 3.8) is 0 Å². The van der Waals surface area contributed by atoms with Gasteiger partial charge in [-0.25, -0.2) is 0 Å². The Hall–Kier alpha value is -0.589. The van der Waals surface area contributed by atoms with E-state index in [-0.39, 0.29) is 41.9 Å². The highest BCUT2D eigenvalue weighted by Gasteiger charge is 2.46. The fourth-order valence-electron chi connectivity index (χ4n) is 5.34. The minimum absolute atomic E-state index is 0.0168. The van der Waals surface area contributed by atoms with E-state index in [1.165, 1.54) is 20.0 Å². The van der Waals surface area contributed by atoms with Gasteiger partial charge in [0.1, 0.15) is 5.78 Å². The van der Waals surface area contributed by atoms with Crippen molar-refractivity contribution in [1.29, 1.82) is 0 Å². The van der Waals surface area contributed by atoms with Gasteiger partial charge in [-0.3, -0.25) is 9.59 Å². The first-order valence-electron chi connectivity index (χ1n) is 15.2. The summed E-state index contributed by atoms with van der Waals surface area (Å²) in [5.74, 6) is 0.243. The topological polar surface area (TPSA) is 71.1 Å². The van der Waals surface area contributed by atoms with Crippen molar-refractivity contribution in [2.75, 3.05) is 7.11 Å². The van der Waals surface area contributed by atoms with Gasteiger partial charge in [-0.05, 0) is 90.5 Å². The van der Waals surface area contributed by atoms with Crippen LogP contribution in [0.1, 0.15) is 71.1 Å². The van der Waals surface area contributed by atoms with Crippen LogP contribution in [-0.4, -0.2) is 62.1 Å². The highest BCUT2D eigenvalue weighted by atomic mass is 28.4. The molecule has 1 saturated carbocycles. The average Bonchev–Trinajstić information content (AvgIpc) is 3.06. The molecule has 0 spiro atoms. The molecule has 0 heterocycles. The van der Waals surface area contributed by atoms with Gasteiger partial charge >= 0.3 is 5.97 Å². The zero-order valence-corrected chi connectivity index (χ0v) is 30.1. The molecule has 0 bridgehead atoms. The van der Waals surface area contributed by atoms with Gasteiger partial charge in [0.05, 0.1) is 25.4 Å². The number of unbranched alkanes of at least 4 members (excludes halogenated alkanes) is 3. The van der Waals surface area contributed by atoms with E-state index in [1.54, 1.807) is 0 Å². The van der Waals surface area contributed by atoms with Crippen molar-refractivity contribution in [1.82, 2.24) is 0 Å². The molecule has 0 aromatic rings. The predicted octanol–water partition coefficient (Wildman–Crippen LogP) is 8.11. The van der Waals surface area contributed by atoms with E-state index in [0.29, 0.717) is 32.1 Å². The number of Topliss-reactive ketones (excluding diaryl/α,β-unsaturated/α-hetero) is 1. The predicted molar refractivity (Wildman–Crippen MR) is 170 cm³/mol. The van der Waals surface area contributed by atoms with Crippen LogP contribution in [0.3, 0.4) is 0 Å². The summed E-state index contributed by atoms with van der Waals surface area (Å²) in [6.07, 6.45) is 12.9. The van der Waals surface area contributed by atoms with Crippen molar-refractivity contribution in [2.45, 2.75) is 148 Å². The molecule has 0 N–H and O–H groups in total. The molecule has 0 amide bonds. The lowest BCUT2D eigenvalue weighted by atomic mass is 9.87. The zero-order chi connectivity index (χ0) is 29.9. The number of methoxy groups -OCH3 is 1. The molecule has 0 aromatic carbocycles. The van der Waals surface area contributed by atoms with Crippen molar-refractivity contribution < 1.29 is 27.6 Å². The number of rotatable bonds is 19. The average molecular weight is 601 g/mol. The SMILES string of the molecule is CCCCCC(/C=C/[C@H]1C(O[Si](C)(C)C)CC(O[Si](C)(C)C)[C@@H]1CC(=O)CCCCC(=O)OC)O[Si](C)(C)C. The zero-order valence-electron chi connectivity index (χ0n) is 27.1. The molecule has 1 fully saturated rings. The van der Waals surface area contributed by atoms with Gasteiger partial charge < -0.3 is 18.0 Å². The Balaban J connectivity index is 3.21. The minimum Gasteiger partial charge on any atom is -0.469 e. The van der Waals surface area contributed by atoms with E-state index in [9.17, 15) is 9.59 Å². The van der Waals surface area contributed by atoms with Crippen LogP contribution in [0, 0.1) is 11.8 Å². The van der Waals surface area contributed by atoms with E-state index in [0.717, 1.165) is 19.3 Å². The van der Waals surface area contributed by atoms with Gasteiger partial charge in [0, 0.05) is 25.2 Å². The summed E-state index contributed by atoms with van der Waals surface area (Å²) in [6.45, 7) is 22.4. The number of ether oxygens (including phenoxy) is 1. The largest absolute Gasteiger partial charge is 0.469 e. The molecule has 1 aliphatic carbocycles. The van der Waals surface area contributed by atoms with Gasteiger partial charge in [-0.1, -0.05) is 38.3 Å². The number of ketones is 1. The summed E-state index contributed by atoms with van der Waals surface area (Å²) in [5.41, 5.74) is 0. The molecule has 0 radical (unpaired) electrons. The third-order valence-electron chi connectivity index (χ3n) is 6.80. The van der Waals surface area contributed by atoms with Crippen LogP contribution < -0.4 is 0 Å². The highest BCUT2D eigenvalue weighted by molar-refractivity contribution is 6.70. The van der Waals surface area contributed by atoms with Gasteiger partial charge in [-0.15, -0.1) is 0 Å². The van der Waals surface area contributed by atoms with E-state index in [2.05, 4.69) is 78.0 Å². The van der Waals surface area contributed by atoms with Gasteiger partial charge in [-0.2, -0.15) is 0 Å². The summed E-state index contributed by atoms with van der Waals surface area (Å²) >= 11 is 0. The second kappa shape index (κ2) is 16.8. The molecular weight excluding hydrogens is 541 g/mol. The van der Waals surface area contributed by atoms with Crippen molar-refractivity contribution in [2.24, 2.45) is 11.8 Å². The molecule has 3 unspecified atom stereocenters. The van der Waals surface area contributed by atoms with Crippen LogP contribution in [0.15, 0.2) is 12.2 Å². The highest BCUT2D eigenvalue weighted by Crippen LogP contribution is 2.42. The van der Waals surface area contributed by atoms with Gasteiger partial charge in [0.2, 0.25) is 0 Å². The molecule has 228 valence electrons. The van der Waals surface area contributed by atoms with Crippen LogP contribution in [0.2, 0.25) is 58.9 Å². The molecule has 0 saturated heterocycles. The number of hydrogen-bond acceptors (Lipinski definition) is 6.